The summed E-state index contributed by atoms with van der Waals surface area (Å²) < 4.78 is 57.2. The van der Waals surface area contributed by atoms with Gasteiger partial charge < -0.3 is 57.6 Å². The van der Waals surface area contributed by atoms with Crippen LogP contribution in [0.2, 0.25) is 0 Å². The zero-order valence-electron chi connectivity index (χ0n) is 42.8. The van der Waals surface area contributed by atoms with Crippen LogP contribution in [0.1, 0.15) is 106 Å². The molecule has 6 atom stereocenters. The molecule has 0 spiro atoms. The molecule has 1 saturated carbocycles. The number of rotatable bonds is 30. The summed E-state index contributed by atoms with van der Waals surface area (Å²) in [5, 5.41) is 2.83. The lowest BCUT2D eigenvalue weighted by molar-refractivity contribution is -0.162. The quantitative estimate of drug-likeness (QED) is 0.0387. The molecule has 15 heteroatoms. The third kappa shape index (κ3) is 15.9. The zero-order chi connectivity index (χ0) is 50.4. The number of nitrogens with zero attached hydrogens (tertiary/aromatic N) is 1. The number of aryl methyl sites for hydroxylation is 1. The monoisotopic (exact) mass is 985 g/mol. The number of piperidine rings is 1. The number of amides is 2. The van der Waals surface area contributed by atoms with Crippen molar-refractivity contribution in [1.82, 2.24) is 10.2 Å². The molecule has 0 bridgehead atoms. The van der Waals surface area contributed by atoms with Crippen molar-refractivity contribution in [3.05, 3.63) is 71.3 Å². The lowest BCUT2D eigenvalue weighted by Crippen LogP contribution is -2.50. The van der Waals surface area contributed by atoms with Crippen LogP contribution in [-0.4, -0.2) is 124 Å². The Balaban J connectivity index is 0.980. The van der Waals surface area contributed by atoms with Crippen LogP contribution in [0.15, 0.2) is 54.6 Å². The van der Waals surface area contributed by atoms with Crippen LogP contribution < -0.4 is 33.7 Å². The second-order valence-electron chi connectivity index (χ2n) is 18.2. The summed E-state index contributed by atoms with van der Waals surface area (Å²) in [6.07, 6.45) is 9.67. The Morgan fingerprint density at radius 1 is 0.718 bits per heavy atom. The molecule has 0 aromatic heterocycles. The van der Waals surface area contributed by atoms with E-state index in [1.807, 2.05) is 31.2 Å². The van der Waals surface area contributed by atoms with Crippen LogP contribution >= 0.6 is 0 Å². The van der Waals surface area contributed by atoms with E-state index in [1.54, 1.807) is 49.5 Å². The van der Waals surface area contributed by atoms with Gasteiger partial charge in [0.1, 0.15) is 17.9 Å². The molecule has 1 aliphatic heterocycles. The summed E-state index contributed by atoms with van der Waals surface area (Å²) in [7, 11) is 7.78. The van der Waals surface area contributed by atoms with Gasteiger partial charge in [0.2, 0.25) is 11.7 Å². The molecule has 3 aliphatic rings. The van der Waals surface area contributed by atoms with E-state index in [1.165, 1.54) is 40.6 Å². The molecule has 6 rings (SSSR count). The predicted octanol–water partition coefficient (Wildman–Crippen LogP) is 8.29. The molecule has 15 nitrogen and oxygen atoms in total. The Morgan fingerprint density at radius 2 is 1.39 bits per heavy atom. The number of ether oxygens (including phenoxy) is 10. The van der Waals surface area contributed by atoms with Crippen molar-refractivity contribution in [2.75, 3.05) is 94.9 Å². The Labute approximate surface area is 420 Å². The van der Waals surface area contributed by atoms with Crippen molar-refractivity contribution in [3.63, 3.8) is 0 Å². The maximum absolute atomic E-state index is 14.5. The van der Waals surface area contributed by atoms with Crippen LogP contribution in [0.3, 0.4) is 0 Å². The molecule has 2 fully saturated rings. The highest BCUT2D eigenvalue weighted by Gasteiger charge is 2.47. The largest absolute Gasteiger partial charge is 0.493 e. The molecule has 3 aromatic rings. The second-order valence-corrected chi connectivity index (χ2v) is 18.2. The number of methoxy groups -OCH3 is 5. The number of likely N-dealkylation sites (tertiary alicyclic amines) is 1. The van der Waals surface area contributed by atoms with E-state index in [-0.39, 0.29) is 18.4 Å². The SMILES string of the molecule is CC[C@H](C(=O)N1CCCC[C@H]1C(=O)O[C@H](CCc1ccc(OC)c(OC)c1)c1cccc(OCC(=O)NCCOCCOCCOCCCC2[C@H]3CCC#CCC[C@@H]23)c1)c1cc(OC)c(OC)c(OC)c1. The van der Waals surface area contributed by atoms with Gasteiger partial charge >= 0.3 is 5.97 Å². The number of benzene rings is 3. The zero-order valence-corrected chi connectivity index (χ0v) is 42.8. The Morgan fingerprint density at radius 3 is 2.06 bits per heavy atom. The average molecular weight is 985 g/mol. The van der Waals surface area contributed by atoms with E-state index in [9.17, 15) is 14.4 Å². The minimum absolute atomic E-state index is 0.176. The van der Waals surface area contributed by atoms with E-state index >= 15 is 0 Å². The summed E-state index contributed by atoms with van der Waals surface area (Å²) >= 11 is 0. The van der Waals surface area contributed by atoms with Crippen molar-refractivity contribution < 1.29 is 61.8 Å². The van der Waals surface area contributed by atoms with Gasteiger partial charge in [-0.05, 0) is 135 Å². The molecule has 2 aliphatic carbocycles. The fourth-order valence-electron chi connectivity index (χ4n) is 10.0. The van der Waals surface area contributed by atoms with Crippen molar-refractivity contribution >= 4 is 17.8 Å². The molecule has 2 amide bonds. The number of hydrogen-bond acceptors (Lipinski definition) is 13. The summed E-state index contributed by atoms with van der Waals surface area (Å²) in [4.78, 5) is 43.4. The highest BCUT2D eigenvalue weighted by molar-refractivity contribution is 5.89. The third-order valence-electron chi connectivity index (χ3n) is 13.8. The minimum Gasteiger partial charge on any atom is -0.493 e. The number of carbonyl (C=O) groups is 3. The van der Waals surface area contributed by atoms with Gasteiger partial charge in [-0.3, -0.25) is 9.59 Å². The maximum atomic E-state index is 14.5. The van der Waals surface area contributed by atoms with Gasteiger partial charge in [-0.25, -0.2) is 4.79 Å². The first-order valence-electron chi connectivity index (χ1n) is 25.4. The van der Waals surface area contributed by atoms with Gasteiger partial charge in [0.25, 0.3) is 5.91 Å². The maximum Gasteiger partial charge on any atom is 0.329 e. The molecule has 1 saturated heterocycles. The van der Waals surface area contributed by atoms with E-state index in [2.05, 4.69) is 17.2 Å². The molecule has 388 valence electrons. The lowest BCUT2D eigenvalue weighted by atomic mass is 9.91. The van der Waals surface area contributed by atoms with E-state index in [4.69, 9.17) is 47.4 Å². The number of nitrogens with one attached hydrogen (secondary N) is 1. The Kier molecular flexibility index (Phi) is 22.3. The van der Waals surface area contributed by atoms with E-state index in [0.717, 1.165) is 62.0 Å². The van der Waals surface area contributed by atoms with Crippen molar-refractivity contribution in [1.29, 1.82) is 0 Å². The first kappa shape index (κ1) is 54.6. The van der Waals surface area contributed by atoms with Crippen LogP contribution in [0.25, 0.3) is 0 Å². The number of fused-ring (bicyclic) bond motifs is 1. The second kappa shape index (κ2) is 29.0. The fraction of sp³-hybridized carbons (Fsp3) is 0.589. The number of hydrogen-bond donors (Lipinski definition) is 1. The highest BCUT2D eigenvalue weighted by Crippen LogP contribution is 2.54. The van der Waals surface area contributed by atoms with Crippen molar-refractivity contribution in [2.45, 2.75) is 102 Å². The molecular weight excluding hydrogens is 909 g/mol. The highest BCUT2D eigenvalue weighted by atomic mass is 16.6. The smallest absolute Gasteiger partial charge is 0.329 e. The molecule has 1 unspecified atom stereocenters. The number of carbonyl (C=O) groups excluding carboxylic acids is 3. The van der Waals surface area contributed by atoms with Gasteiger partial charge in [-0.1, -0.05) is 25.1 Å². The Bertz CT molecular complexity index is 2180. The molecule has 3 aromatic carbocycles. The molecule has 1 heterocycles. The first-order valence-corrected chi connectivity index (χ1v) is 25.4. The predicted molar refractivity (Wildman–Crippen MR) is 269 cm³/mol. The third-order valence-corrected chi connectivity index (χ3v) is 13.8. The fourth-order valence-corrected chi connectivity index (χ4v) is 10.0. The van der Waals surface area contributed by atoms with E-state index in [0.29, 0.717) is 117 Å². The molecule has 1 N–H and O–H groups in total. The number of esters is 1. The van der Waals surface area contributed by atoms with Crippen molar-refractivity contribution in [3.8, 4) is 46.3 Å². The standard InChI is InChI=1S/C56H76N2O13/c1-7-43(41-36-51(64-4)54(66-6)52(37-41)65-5)55(60)58-27-13-12-21-47(58)56(61)71-48(24-22-39-23-25-49(62-2)50(34-39)63-3)40-16-14-17-42(35-40)70-38-53(59)57-26-29-68-31-33-69-32-30-67-28-15-20-46-44-18-10-8-9-11-19-45(44)46/h14,16-17,23,25,34-37,43-48H,7,10-13,15,18-22,24,26-33,38H2,1-6H3,(H,57,59)/t43-,44-,45+,46?,47-,48+/m0/s1. The van der Waals surface area contributed by atoms with Gasteiger partial charge in [0.15, 0.2) is 29.6 Å². The molecule has 71 heavy (non-hydrogen) atoms. The summed E-state index contributed by atoms with van der Waals surface area (Å²) in [6.45, 7) is 5.49. The molecule has 0 radical (unpaired) electrons. The Hall–Kier alpha value is -5.69. The first-order chi connectivity index (χ1) is 34.7. The van der Waals surface area contributed by atoms with Gasteiger partial charge in [-0.15, -0.1) is 11.8 Å². The summed E-state index contributed by atoms with van der Waals surface area (Å²) in [6, 6.07) is 15.7. The van der Waals surface area contributed by atoms with Crippen LogP contribution in [0, 0.1) is 29.6 Å². The summed E-state index contributed by atoms with van der Waals surface area (Å²) in [5.41, 5.74) is 2.33. The van der Waals surface area contributed by atoms with Gasteiger partial charge in [0, 0.05) is 32.5 Å². The normalized spacial score (nSPS) is 19.0. The summed E-state index contributed by atoms with van der Waals surface area (Å²) in [5.74, 6) is 10.6. The van der Waals surface area contributed by atoms with E-state index < -0.39 is 24.0 Å². The van der Waals surface area contributed by atoms with Gasteiger partial charge in [-0.2, -0.15) is 0 Å². The topological polar surface area (TPSA) is 159 Å². The van der Waals surface area contributed by atoms with Crippen molar-refractivity contribution in [2.24, 2.45) is 17.8 Å². The average Bonchev–Trinajstić information content (AvgIpc) is 4.05. The van der Waals surface area contributed by atoms with Crippen LogP contribution in [0.4, 0.5) is 0 Å². The van der Waals surface area contributed by atoms with Crippen LogP contribution in [0.5, 0.6) is 34.5 Å². The lowest BCUT2D eigenvalue weighted by Gasteiger charge is -2.37. The van der Waals surface area contributed by atoms with Gasteiger partial charge in [0.05, 0.1) is 74.5 Å². The van der Waals surface area contributed by atoms with Crippen LogP contribution in [-0.2, 0) is 39.8 Å². The minimum atomic E-state index is -0.794. The molecular formula is C56H76N2O13.